The van der Waals surface area contributed by atoms with Crippen molar-refractivity contribution in [3.8, 4) is 0 Å². The van der Waals surface area contributed by atoms with E-state index in [4.69, 9.17) is 42.1 Å². The van der Waals surface area contributed by atoms with Crippen molar-refractivity contribution in [2.24, 2.45) is 56.7 Å². The van der Waals surface area contributed by atoms with Crippen molar-refractivity contribution in [3.63, 3.8) is 0 Å². The second kappa shape index (κ2) is 20.6. The number of benzene rings is 3. The van der Waals surface area contributed by atoms with E-state index < -0.39 is 23.5 Å². The van der Waals surface area contributed by atoms with Crippen molar-refractivity contribution < 1.29 is 45.5 Å². The highest BCUT2D eigenvalue weighted by Gasteiger charge is 2.70. The number of fused-ring (bicyclic) bond motifs is 7. The lowest BCUT2D eigenvalue weighted by molar-refractivity contribution is -0.214. The van der Waals surface area contributed by atoms with Crippen LogP contribution in [0.15, 0.2) is 103 Å². The van der Waals surface area contributed by atoms with Gasteiger partial charge in [0.05, 0.1) is 38.0 Å². The molecule has 0 spiro atoms. The molecule has 4 fully saturated rings. The Kier molecular flexibility index (Phi) is 16.1. The number of esters is 2. The first-order chi connectivity index (χ1) is 31.1. The number of hydrogen-bond acceptors (Lipinski definition) is 6. The second-order valence-electron chi connectivity index (χ2n) is 21.8. The van der Waals surface area contributed by atoms with E-state index in [9.17, 15) is 9.59 Å². The van der Waals surface area contributed by atoms with Gasteiger partial charge in [0, 0.05) is 5.41 Å². The molecule has 0 unspecified atom stereocenters. The summed E-state index contributed by atoms with van der Waals surface area (Å²) in [5.41, 5.74) is 0.978. The van der Waals surface area contributed by atoms with Crippen LogP contribution in [0.4, 0.5) is 0 Å². The van der Waals surface area contributed by atoms with Gasteiger partial charge in [-0.3, -0.25) is 4.79 Å². The molecule has 0 radical (unpaired) electrons. The van der Waals surface area contributed by atoms with Crippen molar-refractivity contribution >= 4 is 58.3 Å². The third kappa shape index (κ3) is 8.93. The smallest absolute Gasteiger partial charge is 0.339 e. The van der Waals surface area contributed by atoms with Crippen molar-refractivity contribution in [3.05, 3.63) is 103 Å². The molecule has 0 bridgehead atoms. The van der Waals surface area contributed by atoms with Crippen LogP contribution in [0.2, 0.25) is 0 Å². The molecule has 0 N–H and O–H groups in total. The predicted molar refractivity (Wildman–Crippen MR) is 267 cm³/mol. The number of alkyl halides is 2. The van der Waals surface area contributed by atoms with Crippen molar-refractivity contribution in [1.82, 2.24) is 0 Å². The van der Waals surface area contributed by atoms with Crippen LogP contribution in [-0.2, 0) is 28.5 Å². The Morgan fingerprint density at radius 2 is 1.24 bits per heavy atom. The Bertz CT molecular complexity index is 2060. The van der Waals surface area contributed by atoms with Crippen LogP contribution in [0.1, 0.15) is 106 Å². The van der Waals surface area contributed by atoms with Crippen LogP contribution in [0, 0.1) is 56.7 Å². The molecule has 3 aromatic rings. The Morgan fingerprint density at radius 3 is 1.82 bits per heavy atom. The summed E-state index contributed by atoms with van der Waals surface area (Å²) in [4.78, 5) is 26.1. The highest BCUT2D eigenvalue weighted by atomic mass is 79.9. The van der Waals surface area contributed by atoms with E-state index in [0.717, 1.165) is 63.9 Å². The molecule has 3 aromatic carbocycles. The van der Waals surface area contributed by atoms with Crippen LogP contribution in [0.3, 0.4) is 0 Å². The quantitative estimate of drug-likeness (QED) is 0.0499. The predicted octanol–water partition coefficient (Wildman–Crippen LogP) is 8.93. The zero-order valence-corrected chi connectivity index (χ0v) is 44.4. The van der Waals surface area contributed by atoms with Gasteiger partial charge in [-0.25, -0.2) is 4.79 Å². The van der Waals surface area contributed by atoms with Gasteiger partial charge < -0.3 is 35.9 Å². The first-order valence-electron chi connectivity index (χ1n) is 24.6. The number of rotatable bonds is 15. The largest absolute Gasteiger partial charge is 1.00 e. The molecule has 4 saturated carbocycles. The molecule has 5 aliphatic rings. The first kappa shape index (κ1) is 51.6. The lowest BCUT2D eigenvalue weighted by Crippen LogP contribution is -3.00. The minimum atomic E-state index is -1.96. The lowest BCUT2D eigenvalue weighted by atomic mass is 9.33. The van der Waals surface area contributed by atoms with E-state index in [1.54, 1.807) is 0 Å². The van der Waals surface area contributed by atoms with Gasteiger partial charge in [0.25, 0.3) is 0 Å². The summed E-state index contributed by atoms with van der Waals surface area (Å²) in [6.45, 7) is 19.2. The third-order valence-corrected chi connectivity index (χ3v) is 23.5. The highest BCUT2D eigenvalue weighted by molar-refractivity contribution is 7.95. The number of ether oxygens (including phenoxy) is 4. The molecule has 360 valence electrons. The van der Waals surface area contributed by atoms with Gasteiger partial charge >= 0.3 is 11.9 Å². The molecule has 10 heteroatoms. The van der Waals surface area contributed by atoms with E-state index in [1.165, 1.54) is 21.5 Å². The maximum atomic E-state index is 14.6. The van der Waals surface area contributed by atoms with E-state index in [1.807, 2.05) is 0 Å². The molecule has 5 aliphatic carbocycles. The summed E-state index contributed by atoms with van der Waals surface area (Å²) in [5, 5.41) is 4.05. The monoisotopic (exact) mass is 1020 g/mol. The normalized spacial score (nSPS) is 33.5. The van der Waals surface area contributed by atoms with Crippen molar-refractivity contribution in [2.45, 2.75) is 117 Å². The highest BCUT2D eigenvalue weighted by Crippen LogP contribution is 2.76. The minimum Gasteiger partial charge on any atom is -1.00 e. The molecule has 6 nitrogen and oxygen atoms in total. The van der Waals surface area contributed by atoms with Crippen molar-refractivity contribution in [2.75, 3.05) is 39.2 Å². The van der Waals surface area contributed by atoms with Crippen LogP contribution in [0.25, 0.3) is 0 Å². The molecule has 10 atom stereocenters. The summed E-state index contributed by atoms with van der Waals surface area (Å²) in [6, 6.07) is 32.7. The fourth-order valence-electron chi connectivity index (χ4n) is 15.0. The number of hydrogen-bond donors (Lipinski definition) is 0. The van der Waals surface area contributed by atoms with Crippen LogP contribution in [-0.4, -0.2) is 62.1 Å². The van der Waals surface area contributed by atoms with Gasteiger partial charge in [-0.2, -0.15) is 0 Å². The van der Waals surface area contributed by atoms with E-state index in [0.29, 0.717) is 50.1 Å². The summed E-state index contributed by atoms with van der Waals surface area (Å²) in [5.74, 6) is 1.41. The topological polar surface area (TPSA) is 71.1 Å². The number of carbonyl (C=O) groups is 2. The fourth-order valence-corrected chi connectivity index (χ4v) is 19.2. The second-order valence-corrected chi connectivity index (χ2v) is 26.5. The SMILES string of the molecule is C[C@H]1[C@H](C)CC[C@]2(C(=O)OCCOCCOCC[P+](c3ccccc3)(c3ccccc3)c3ccccc3)CC[C@]3(C)C(=CC[C@@H]4[C@@]5(C)CC[C@H](OC(=O)C(Cl)Cl)C(C)(C)[C@@H]5CC[C@]43C)[C@H]12.[Br-]. The molecular weight excluding hydrogens is 950 g/mol. The van der Waals surface area contributed by atoms with Gasteiger partial charge in [-0.1, -0.05) is 138 Å². The molecule has 66 heavy (non-hydrogen) atoms. The Balaban J connectivity index is 0.00000648. The van der Waals surface area contributed by atoms with Crippen LogP contribution >= 0.6 is 30.5 Å². The molecule has 0 heterocycles. The van der Waals surface area contributed by atoms with Crippen molar-refractivity contribution in [1.29, 1.82) is 0 Å². The van der Waals surface area contributed by atoms with Gasteiger partial charge in [-0.05, 0) is 140 Å². The van der Waals surface area contributed by atoms with Gasteiger partial charge in [-0.15, -0.1) is 0 Å². The number of carbonyl (C=O) groups excluding carboxylic acids is 2. The molecule has 0 amide bonds. The lowest BCUT2D eigenvalue weighted by Gasteiger charge is -2.71. The average Bonchev–Trinajstić information content (AvgIpc) is 3.30. The molecule has 8 rings (SSSR count). The maximum Gasteiger partial charge on any atom is 0.339 e. The van der Waals surface area contributed by atoms with E-state index in [-0.39, 0.29) is 63.2 Å². The molecule has 0 saturated heterocycles. The fraction of sp³-hybridized carbons (Fsp3) is 0.607. The van der Waals surface area contributed by atoms with Gasteiger partial charge in [0.1, 0.15) is 35.9 Å². The van der Waals surface area contributed by atoms with E-state index >= 15 is 0 Å². The first-order valence-corrected chi connectivity index (χ1v) is 27.5. The standard InChI is InChI=1S/C56H74Cl2O6P.BrH/c1-39-25-30-56(51(60)63-36-35-61-33-34-62-37-38-65(41-17-11-8-12-18-41,42-19-13-9-14-20-42)43-21-15-10-16-22-43)32-31-54(6)44(48(56)40(39)2)23-24-46-53(5)28-27-47(64-50(59)49(57)58)52(3,4)45(53)26-29-55(46,54)7;/h8-23,39-40,45-49H,24-38H2,1-7H3;1H/q+1;/p-1/t39-,40+,45+,46-,47+,48+,53+,54-,55-,56+;/m1./s1. The summed E-state index contributed by atoms with van der Waals surface area (Å²) >= 11 is 11.9. The number of allylic oxidation sites excluding steroid dienone is 2. The Labute approximate surface area is 417 Å². The molecule has 0 aliphatic heterocycles. The van der Waals surface area contributed by atoms with Gasteiger partial charge in [0.2, 0.25) is 4.84 Å². The Hall–Kier alpha value is -2.25. The Morgan fingerprint density at radius 1 is 0.682 bits per heavy atom. The van der Waals surface area contributed by atoms with Crippen LogP contribution in [0.5, 0.6) is 0 Å². The number of halogens is 3. The minimum absolute atomic E-state index is 0. The van der Waals surface area contributed by atoms with E-state index in [2.05, 4.69) is 146 Å². The summed E-state index contributed by atoms with van der Waals surface area (Å²) < 4.78 is 24.6. The van der Waals surface area contributed by atoms with Gasteiger partial charge in [0.15, 0.2) is 0 Å². The third-order valence-electron chi connectivity index (χ3n) is 18.8. The molecular formula is C56H74BrCl2O6P. The zero-order chi connectivity index (χ0) is 46.3. The van der Waals surface area contributed by atoms with Crippen LogP contribution < -0.4 is 32.9 Å². The average molecular weight is 1020 g/mol. The maximum absolute atomic E-state index is 14.6. The summed E-state index contributed by atoms with van der Waals surface area (Å²) in [6.07, 6.45) is 12.1. The molecule has 0 aromatic heterocycles. The zero-order valence-electron chi connectivity index (χ0n) is 40.4. The summed E-state index contributed by atoms with van der Waals surface area (Å²) in [7, 11) is -1.96.